The second-order valence-electron chi connectivity index (χ2n) is 10.2. The minimum atomic E-state index is -1.37. The van der Waals surface area contributed by atoms with Gasteiger partial charge in [-0.3, -0.25) is 4.79 Å². The summed E-state index contributed by atoms with van der Waals surface area (Å²) in [5.74, 6) is -3.10. The van der Waals surface area contributed by atoms with Crippen LogP contribution in [0.5, 0.6) is 0 Å². The maximum atomic E-state index is 11.9. The van der Waals surface area contributed by atoms with Crippen molar-refractivity contribution >= 4 is 29.6 Å². The Morgan fingerprint density at radius 2 is 1.45 bits per heavy atom. The molecular formula is C28H49NNa2O6S. The van der Waals surface area contributed by atoms with Gasteiger partial charge in [0.1, 0.15) is 0 Å². The monoisotopic (exact) mass is 573 g/mol. The maximum absolute atomic E-state index is 11.9. The molecule has 0 radical (unpaired) electrons. The molecule has 0 aromatic carbocycles. The van der Waals surface area contributed by atoms with Crippen LogP contribution in [0.1, 0.15) is 118 Å². The van der Waals surface area contributed by atoms with Crippen LogP contribution >= 0.6 is 11.8 Å². The van der Waals surface area contributed by atoms with E-state index in [2.05, 4.69) is 12.2 Å². The SMILES string of the molecule is CCCCCCCCCCCCC(C)[C@H](S[C@](C)(CC)[C@H](NC(C)=O)C(=O)[O-])[C@@H](O)CC=CC(=O)[O-].[Na+].[Na+]. The van der Waals surface area contributed by atoms with Crippen LogP contribution in [-0.4, -0.2) is 45.1 Å². The number of carbonyl (C=O) groups is 3. The van der Waals surface area contributed by atoms with E-state index in [0.29, 0.717) is 6.42 Å². The van der Waals surface area contributed by atoms with Crippen LogP contribution in [-0.2, 0) is 14.4 Å². The number of hydrogen-bond acceptors (Lipinski definition) is 7. The van der Waals surface area contributed by atoms with E-state index in [-0.39, 0.29) is 76.7 Å². The normalized spacial score (nSPS) is 15.8. The van der Waals surface area contributed by atoms with E-state index in [1.165, 1.54) is 76.1 Å². The Morgan fingerprint density at radius 1 is 0.947 bits per heavy atom. The summed E-state index contributed by atoms with van der Waals surface area (Å²) in [7, 11) is 0. The minimum Gasteiger partial charge on any atom is -0.548 e. The smallest absolute Gasteiger partial charge is 0.548 e. The number of hydrogen-bond donors (Lipinski definition) is 2. The molecule has 210 valence electrons. The van der Waals surface area contributed by atoms with Crippen LogP contribution in [0.2, 0.25) is 0 Å². The standard InChI is InChI=1S/C28H51NO6S.2Na/c1-6-8-9-10-11-12-13-14-15-16-18-21(3)25(23(31)19-17-20-24(32)33)36-28(5,7-2)26(27(34)35)29-22(4)30;;/h17,20-21,23,25-26,31H,6-16,18-19H2,1-5H3,(H,29,30)(H,32,33)(H,34,35);;/q;2*+1/p-2/t21?,23-,25-,26+,28+;;/m0../s1. The quantitative estimate of drug-likeness (QED) is 0.0834. The molecule has 0 spiro atoms. The summed E-state index contributed by atoms with van der Waals surface area (Å²) in [5, 5.41) is 35.8. The van der Waals surface area contributed by atoms with Gasteiger partial charge in [0.2, 0.25) is 5.91 Å². The van der Waals surface area contributed by atoms with E-state index >= 15 is 0 Å². The van der Waals surface area contributed by atoms with Crippen LogP contribution < -0.4 is 74.6 Å². The average molecular weight is 574 g/mol. The first-order chi connectivity index (χ1) is 17.0. The van der Waals surface area contributed by atoms with Crippen molar-refractivity contribution in [2.75, 3.05) is 0 Å². The largest absolute Gasteiger partial charge is 1.00 e. The van der Waals surface area contributed by atoms with Gasteiger partial charge in [-0.25, -0.2) is 0 Å². The Hall–Kier alpha value is 0.460. The molecule has 10 heteroatoms. The molecule has 0 saturated heterocycles. The Morgan fingerprint density at radius 3 is 1.87 bits per heavy atom. The van der Waals surface area contributed by atoms with Crippen molar-refractivity contribution in [3.05, 3.63) is 12.2 Å². The topological polar surface area (TPSA) is 130 Å². The molecule has 0 heterocycles. The van der Waals surface area contributed by atoms with Crippen LogP contribution in [0.3, 0.4) is 0 Å². The number of aliphatic hydroxyl groups is 1. The molecule has 0 bridgehead atoms. The zero-order chi connectivity index (χ0) is 27.6. The Bertz CT molecular complexity index is 682. The van der Waals surface area contributed by atoms with Gasteiger partial charge in [0, 0.05) is 16.9 Å². The number of nitrogens with one attached hydrogen (secondary N) is 1. The summed E-state index contributed by atoms with van der Waals surface area (Å²) in [4.78, 5) is 34.3. The summed E-state index contributed by atoms with van der Waals surface area (Å²) in [5.41, 5.74) is 0. The van der Waals surface area contributed by atoms with E-state index in [1.54, 1.807) is 6.92 Å². The number of rotatable bonds is 22. The van der Waals surface area contributed by atoms with Gasteiger partial charge in [0.25, 0.3) is 0 Å². The molecule has 0 fully saturated rings. The molecule has 0 aliphatic heterocycles. The van der Waals surface area contributed by atoms with Gasteiger partial charge in [-0.1, -0.05) is 91.1 Å². The summed E-state index contributed by atoms with van der Waals surface area (Å²) in [6.45, 7) is 9.14. The van der Waals surface area contributed by atoms with Gasteiger partial charge < -0.3 is 30.2 Å². The number of unbranched alkanes of at least 4 members (excludes halogenated alkanes) is 9. The summed E-state index contributed by atoms with van der Waals surface area (Å²) < 4.78 is -0.916. The Kier molecular flexibility index (Phi) is 28.5. The molecular weight excluding hydrogens is 524 g/mol. The van der Waals surface area contributed by atoms with Gasteiger partial charge in [0.05, 0.1) is 24.1 Å². The fourth-order valence-electron chi connectivity index (χ4n) is 4.46. The van der Waals surface area contributed by atoms with Gasteiger partial charge in [-0.15, -0.1) is 11.8 Å². The third kappa shape index (κ3) is 19.5. The van der Waals surface area contributed by atoms with Gasteiger partial charge in [-0.2, -0.15) is 0 Å². The number of aliphatic carboxylic acids is 2. The average Bonchev–Trinajstić information content (AvgIpc) is 2.81. The van der Waals surface area contributed by atoms with Crippen LogP contribution in [0.25, 0.3) is 0 Å². The van der Waals surface area contributed by atoms with Crippen LogP contribution in [0.15, 0.2) is 12.2 Å². The molecule has 0 aromatic heterocycles. The van der Waals surface area contributed by atoms with E-state index in [1.807, 2.05) is 13.8 Å². The molecule has 0 aliphatic carbocycles. The van der Waals surface area contributed by atoms with E-state index < -0.39 is 34.7 Å². The number of thioether (sulfide) groups is 1. The van der Waals surface area contributed by atoms with Crippen LogP contribution in [0, 0.1) is 5.92 Å². The molecule has 0 rings (SSSR count). The summed E-state index contributed by atoms with van der Waals surface area (Å²) >= 11 is 1.34. The van der Waals surface area contributed by atoms with E-state index in [4.69, 9.17) is 0 Å². The third-order valence-corrected chi connectivity index (χ3v) is 9.00. The van der Waals surface area contributed by atoms with Crippen molar-refractivity contribution < 1.29 is 88.8 Å². The first kappa shape index (κ1) is 42.9. The predicted octanol–water partition coefficient (Wildman–Crippen LogP) is -2.48. The fourth-order valence-corrected chi connectivity index (χ4v) is 6.18. The van der Waals surface area contributed by atoms with Gasteiger partial charge >= 0.3 is 59.1 Å². The summed E-state index contributed by atoms with van der Waals surface area (Å²) in [6, 6.07) is -1.22. The third-order valence-electron chi connectivity index (χ3n) is 6.89. The number of carboxylic acids is 2. The van der Waals surface area contributed by atoms with Crippen molar-refractivity contribution in [2.24, 2.45) is 5.92 Å². The Balaban J connectivity index is -0.00000612. The first-order valence-corrected chi connectivity index (χ1v) is 14.6. The molecule has 2 N–H and O–H groups in total. The number of carboxylic acid groups (broad SMARTS) is 2. The number of aliphatic hydroxyl groups excluding tert-OH is 1. The van der Waals surface area contributed by atoms with Gasteiger partial charge in [-0.05, 0) is 38.2 Å². The molecule has 0 saturated carbocycles. The molecule has 1 unspecified atom stereocenters. The van der Waals surface area contributed by atoms with Crippen molar-refractivity contribution in [1.82, 2.24) is 5.32 Å². The summed E-state index contributed by atoms with van der Waals surface area (Å²) in [6.07, 6.45) is 15.1. The van der Waals surface area contributed by atoms with Crippen LogP contribution in [0.4, 0.5) is 0 Å². The molecule has 0 aliphatic rings. The molecule has 1 amide bonds. The van der Waals surface area contributed by atoms with Gasteiger partial charge in [0.15, 0.2) is 0 Å². The molecule has 7 nitrogen and oxygen atoms in total. The van der Waals surface area contributed by atoms with Crippen molar-refractivity contribution in [2.45, 2.75) is 140 Å². The minimum absolute atomic E-state index is 0. The number of carbonyl (C=O) groups excluding carboxylic acids is 3. The predicted molar refractivity (Wildman–Crippen MR) is 143 cm³/mol. The van der Waals surface area contributed by atoms with Crippen molar-refractivity contribution in [3.63, 3.8) is 0 Å². The molecule has 0 aromatic rings. The fraction of sp³-hybridized carbons (Fsp3) is 0.821. The van der Waals surface area contributed by atoms with Crippen molar-refractivity contribution in [3.8, 4) is 0 Å². The van der Waals surface area contributed by atoms with Crippen molar-refractivity contribution in [1.29, 1.82) is 0 Å². The first-order valence-electron chi connectivity index (χ1n) is 13.7. The molecule has 5 atom stereocenters. The number of amides is 1. The molecule has 38 heavy (non-hydrogen) atoms. The second kappa shape index (κ2) is 25.2. The zero-order valence-corrected chi connectivity index (χ0v) is 29.9. The maximum Gasteiger partial charge on any atom is 1.00 e. The van der Waals surface area contributed by atoms with E-state index in [9.17, 15) is 29.7 Å². The Labute approximate surface area is 279 Å². The second-order valence-corrected chi connectivity index (χ2v) is 11.9. The zero-order valence-electron chi connectivity index (χ0n) is 25.1. The van der Waals surface area contributed by atoms with E-state index in [0.717, 1.165) is 25.3 Å².